The first-order valence-electron chi connectivity index (χ1n) is 5.25. The second-order valence-corrected chi connectivity index (χ2v) is 4.43. The van der Waals surface area contributed by atoms with Crippen molar-refractivity contribution in [3.05, 3.63) is 28.2 Å². The summed E-state index contributed by atoms with van der Waals surface area (Å²) in [4.78, 5) is 0. The van der Waals surface area contributed by atoms with Crippen molar-refractivity contribution in [2.75, 3.05) is 12.8 Å². The van der Waals surface area contributed by atoms with Crippen molar-refractivity contribution in [1.29, 1.82) is 0 Å². The molecular weight excluding hydrogens is 284 g/mol. The molecule has 0 bridgehead atoms. The Morgan fingerprint density at radius 2 is 2.24 bits per heavy atom. The molecule has 0 unspecified atom stereocenters. The highest BCUT2D eigenvalue weighted by Gasteiger charge is 2.16. The van der Waals surface area contributed by atoms with Gasteiger partial charge in [-0.25, -0.2) is 0 Å². The van der Waals surface area contributed by atoms with Crippen LogP contribution in [0, 0.1) is 0 Å². The van der Waals surface area contributed by atoms with Gasteiger partial charge in [0.15, 0.2) is 0 Å². The van der Waals surface area contributed by atoms with Crippen LogP contribution in [0.25, 0.3) is 11.3 Å². The van der Waals surface area contributed by atoms with E-state index in [4.69, 9.17) is 15.0 Å². The van der Waals surface area contributed by atoms with Gasteiger partial charge in [0, 0.05) is 15.6 Å². The van der Waals surface area contributed by atoms with Crippen molar-refractivity contribution >= 4 is 21.8 Å². The summed E-state index contributed by atoms with van der Waals surface area (Å²) >= 11 is 3.49. The van der Waals surface area contributed by atoms with Gasteiger partial charge >= 0.3 is 0 Å². The molecule has 4 nitrogen and oxygen atoms in total. The van der Waals surface area contributed by atoms with Gasteiger partial charge in [-0.05, 0) is 24.6 Å². The number of halogens is 1. The van der Waals surface area contributed by atoms with E-state index >= 15 is 0 Å². The Kier molecular flexibility index (Phi) is 3.38. The number of hydrogen-bond acceptors (Lipinski definition) is 4. The number of benzene rings is 1. The van der Waals surface area contributed by atoms with E-state index in [0.29, 0.717) is 5.88 Å². The molecule has 0 atom stereocenters. The number of hydrogen-bond donors (Lipinski definition) is 1. The molecule has 0 spiro atoms. The number of nitrogens with two attached hydrogens (primary N) is 1. The van der Waals surface area contributed by atoms with Crippen LogP contribution in [0.15, 0.2) is 27.2 Å². The summed E-state index contributed by atoms with van der Waals surface area (Å²) in [7, 11) is 1.63. The normalized spacial score (nSPS) is 10.5. The molecule has 0 amide bonds. The Labute approximate surface area is 108 Å². The lowest BCUT2D eigenvalue weighted by Gasteiger charge is -2.05. The van der Waals surface area contributed by atoms with Crippen LogP contribution in [-0.2, 0) is 6.42 Å². The van der Waals surface area contributed by atoms with E-state index in [0.717, 1.165) is 33.5 Å². The van der Waals surface area contributed by atoms with E-state index in [-0.39, 0.29) is 0 Å². The predicted octanol–water partition coefficient (Wildman–Crippen LogP) is 3.26. The average Bonchev–Trinajstić information content (AvgIpc) is 2.71. The maximum atomic E-state index is 5.73. The summed E-state index contributed by atoms with van der Waals surface area (Å²) in [5.74, 6) is 1.14. The van der Waals surface area contributed by atoms with Crippen molar-refractivity contribution in [3.8, 4) is 17.0 Å². The number of nitrogens with zero attached hydrogens (tertiary/aromatic N) is 1. The van der Waals surface area contributed by atoms with Crippen molar-refractivity contribution in [2.45, 2.75) is 13.3 Å². The van der Waals surface area contributed by atoms with E-state index in [2.05, 4.69) is 21.1 Å². The van der Waals surface area contributed by atoms with E-state index < -0.39 is 0 Å². The molecule has 0 saturated heterocycles. The lowest BCUT2D eigenvalue weighted by Crippen LogP contribution is -1.91. The highest BCUT2D eigenvalue weighted by molar-refractivity contribution is 9.10. The fraction of sp³-hybridized carbons (Fsp3) is 0.250. The van der Waals surface area contributed by atoms with Crippen LogP contribution in [0.3, 0.4) is 0 Å². The first kappa shape index (κ1) is 12.0. The van der Waals surface area contributed by atoms with Crippen molar-refractivity contribution < 1.29 is 9.26 Å². The zero-order chi connectivity index (χ0) is 12.4. The number of anilines is 1. The van der Waals surface area contributed by atoms with E-state index in [9.17, 15) is 0 Å². The number of rotatable bonds is 3. The number of aromatic nitrogens is 1. The first-order chi connectivity index (χ1) is 8.17. The van der Waals surface area contributed by atoms with Crippen molar-refractivity contribution in [2.24, 2.45) is 0 Å². The molecule has 1 aromatic heterocycles. The molecule has 1 aromatic carbocycles. The van der Waals surface area contributed by atoms with Crippen LogP contribution in [0.2, 0.25) is 0 Å². The monoisotopic (exact) mass is 296 g/mol. The summed E-state index contributed by atoms with van der Waals surface area (Å²) in [5.41, 5.74) is 8.33. The number of nitrogen functional groups attached to an aromatic ring is 1. The quantitative estimate of drug-likeness (QED) is 0.944. The predicted molar refractivity (Wildman–Crippen MR) is 70.0 cm³/mol. The SMILES string of the molecule is CCc1c(-c2cc(OC)ccc2Br)noc1N. The Hall–Kier alpha value is -1.49. The molecule has 0 aliphatic rings. The van der Waals surface area contributed by atoms with Gasteiger partial charge < -0.3 is 15.0 Å². The standard InChI is InChI=1S/C12H13BrN2O2/c1-3-8-11(15-17-12(8)14)9-6-7(16-2)4-5-10(9)13/h4-6H,3,14H2,1-2H3. The highest BCUT2D eigenvalue weighted by atomic mass is 79.9. The molecular formula is C12H13BrN2O2. The summed E-state index contributed by atoms with van der Waals surface area (Å²) < 4.78 is 11.2. The van der Waals surface area contributed by atoms with Crippen LogP contribution >= 0.6 is 15.9 Å². The molecule has 2 rings (SSSR count). The van der Waals surface area contributed by atoms with E-state index in [1.54, 1.807) is 7.11 Å². The molecule has 0 fully saturated rings. The molecule has 0 aliphatic heterocycles. The fourth-order valence-electron chi connectivity index (χ4n) is 1.69. The lowest BCUT2D eigenvalue weighted by molar-refractivity contribution is 0.414. The Balaban J connectivity index is 2.59. The number of methoxy groups -OCH3 is 1. The topological polar surface area (TPSA) is 61.3 Å². The molecule has 2 aromatic rings. The fourth-order valence-corrected chi connectivity index (χ4v) is 2.12. The minimum Gasteiger partial charge on any atom is -0.497 e. The smallest absolute Gasteiger partial charge is 0.225 e. The highest BCUT2D eigenvalue weighted by Crippen LogP contribution is 2.35. The third-order valence-corrected chi connectivity index (χ3v) is 3.29. The van der Waals surface area contributed by atoms with Crippen LogP contribution in [0.1, 0.15) is 12.5 Å². The number of ether oxygens (including phenoxy) is 1. The van der Waals surface area contributed by atoms with Gasteiger partial charge in [0.05, 0.1) is 7.11 Å². The first-order valence-corrected chi connectivity index (χ1v) is 6.04. The molecule has 0 saturated carbocycles. The summed E-state index contributed by atoms with van der Waals surface area (Å²) in [5, 5.41) is 4.01. The van der Waals surface area contributed by atoms with Crippen molar-refractivity contribution in [1.82, 2.24) is 5.16 Å². The molecule has 17 heavy (non-hydrogen) atoms. The van der Waals surface area contributed by atoms with E-state index in [1.165, 1.54) is 0 Å². The van der Waals surface area contributed by atoms with Gasteiger partial charge in [0.1, 0.15) is 11.4 Å². The Morgan fingerprint density at radius 3 is 2.88 bits per heavy atom. The largest absolute Gasteiger partial charge is 0.497 e. The third-order valence-electron chi connectivity index (χ3n) is 2.60. The van der Waals surface area contributed by atoms with Gasteiger partial charge in [-0.2, -0.15) is 0 Å². The Morgan fingerprint density at radius 1 is 1.47 bits per heavy atom. The molecule has 0 radical (unpaired) electrons. The van der Waals surface area contributed by atoms with Crippen molar-refractivity contribution in [3.63, 3.8) is 0 Å². The van der Waals surface area contributed by atoms with Crippen LogP contribution < -0.4 is 10.5 Å². The van der Waals surface area contributed by atoms with Crippen LogP contribution in [-0.4, -0.2) is 12.3 Å². The summed E-state index contributed by atoms with van der Waals surface area (Å²) in [6, 6.07) is 5.70. The molecule has 2 N–H and O–H groups in total. The lowest BCUT2D eigenvalue weighted by atomic mass is 10.1. The maximum absolute atomic E-state index is 5.73. The van der Waals surface area contributed by atoms with Crippen LogP contribution in [0.5, 0.6) is 5.75 Å². The zero-order valence-corrected chi connectivity index (χ0v) is 11.2. The Bertz CT molecular complexity index is 537. The van der Waals surface area contributed by atoms with Gasteiger partial charge in [0.2, 0.25) is 5.88 Å². The second-order valence-electron chi connectivity index (χ2n) is 3.57. The molecule has 5 heteroatoms. The van der Waals surface area contributed by atoms with Gasteiger partial charge in [0.25, 0.3) is 0 Å². The third kappa shape index (κ3) is 2.15. The second kappa shape index (κ2) is 4.79. The molecule has 90 valence electrons. The maximum Gasteiger partial charge on any atom is 0.225 e. The minimum atomic E-state index is 0.372. The van der Waals surface area contributed by atoms with Gasteiger partial charge in [-0.15, -0.1) is 0 Å². The molecule has 0 aliphatic carbocycles. The summed E-state index contributed by atoms with van der Waals surface area (Å²) in [6.45, 7) is 2.01. The van der Waals surface area contributed by atoms with E-state index in [1.807, 2.05) is 25.1 Å². The molecule has 1 heterocycles. The minimum absolute atomic E-state index is 0.372. The average molecular weight is 297 g/mol. The summed E-state index contributed by atoms with van der Waals surface area (Å²) in [6.07, 6.45) is 0.772. The van der Waals surface area contributed by atoms with Crippen LogP contribution in [0.4, 0.5) is 5.88 Å². The zero-order valence-electron chi connectivity index (χ0n) is 9.66. The van der Waals surface area contributed by atoms with Gasteiger partial charge in [-0.3, -0.25) is 0 Å². The van der Waals surface area contributed by atoms with Gasteiger partial charge in [-0.1, -0.05) is 28.0 Å².